The first-order valence-corrected chi connectivity index (χ1v) is 13.4. The molecule has 3 rings (SSSR count). The Bertz CT molecular complexity index is 848. The predicted molar refractivity (Wildman–Crippen MR) is 117 cm³/mol. The van der Waals surface area contributed by atoms with Crippen LogP contribution in [0.3, 0.4) is 0 Å². The van der Waals surface area contributed by atoms with Crippen LogP contribution in [-0.4, -0.2) is 55.6 Å². The maximum Gasteiger partial charge on any atom is 0.332 e. The lowest BCUT2D eigenvalue weighted by atomic mass is 10.2. The number of carbonyl (C=O) groups is 1. The lowest BCUT2D eigenvalue weighted by molar-refractivity contribution is -0.149. The molecule has 1 saturated heterocycles. The minimum absolute atomic E-state index is 0.107. The van der Waals surface area contributed by atoms with Gasteiger partial charge in [0.25, 0.3) is 5.89 Å². The Balaban J connectivity index is 1.81. The molecular formula is C22H33N3O4Si. The van der Waals surface area contributed by atoms with Crippen LogP contribution in [-0.2, 0) is 14.0 Å². The van der Waals surface area contributed by atoms with E-state index in [-0.39, 0.29) is 17.0 Å². The van der Waals surface area contributed by atoms with Gasteiger partial charge < -0.3 is 13.7 Å². The van der Waals surface area contributed by atoms with E-state index < -0.39 is 20.3 Å². The van der Waals surface area contributed by atoms with Gasteiger partial charge in [-0.05, 0) is 37.5 Å². The average molecular weight is 432 g/mol. The van der Waals surface area contributed by atoms with Crippen LogP contribution in [0, 0.1) is 0 Å². The maximum atomic E-state index is 12.7. The summed E-state index contributed by atoms with van der Waals surface area (Å²) >= 11 is 0. The van der Waals surface area contributed by atoms with Gasteiger partial charge in [0.1, 0.15) is 0 Å². The monoisotopic (exact) mass is 431 g/mol. The predicted octanol–water partition coefficient (Wildman–Crippen LogP) is 4.44. The van der Waals surface area contributed by atoms with Crippen LogP contribution in [0.1, 0.15) is 45.5 Å². The first-order chi connectivity index (χ1) is 14.1. The van der Waals surface area contributed by atoms with Crippen molar-refractivity contribution in [2.75, 3.05) is 20.3 Å². The molecule has 1 aromatic carbocycles. The number of nitrogens with zero attached hydrogens (tertiary/aromatic N) is 3. The zero-order valence-corrected chi connectivity index (χ0v) is 19.8. The summed E-state index contributed by atoms with van der Waals surface area (Å²) < 4.78 is 17.1. The normalized spacial score (nSPS) is 19.1. The average Bonchev–Trinajstić information content (AvgIpc) is 3.36. The van der Waals surface area contributed by atoms with Crippen LogP contribution in [0.25, 0.3) is 11.4 Å². The highest BCUT2D eigenvalue weighted by Gasteiger charge is 2.43. The summed E-state index contributed by atoms with van der Waals surface area (Å²) in [7, 11) is -0.496. The van der Waals surface area contributed by atoms with Gasteiger partial charge in [-0.25, -0.2) is 4.79 Å². The van der Waals surface area contributed by atoms with E-state index >= 15 is 0 Å². The number of benzene rings is 1. The van der Waals surface area contributed by atoms with Crippen molar-refractivity contribution in [2.45, 2.75) is 63.8 Å². The molecule has 7 nitrogen and oxygen atoms in total. The molecule has 0 bridgehead atoms. The fourth-order valence-corrected chi connectivity index (χ4v) is 4.48. The van der Waals surface area contributed by atoms with E-state index in [4.69, 9.17) is 13.7 Å². The number of methoxy groups -OCH3 is 1. The smallest absolute Gasteiger partial charge is 0.332 e. The summed E-state index contributed by atoms with van der Waals surface area (Å²) in [5.41, 5.74) is 0.843. The van der Waals surface area contributed by atoms with E-state index in [0.29, 0.717) is 12.4 Å². The van der Waals surface area contributed by atoms with Crippen LogP contribution >= 0.6 is 0 Å². The zero-order valence-electron chi connectivity index (χ0n) is 18.8. The quantitative estimate of drug-likeness (QED) is 0.474. The highest BCUT2D eigenvalue weighted by molar-refractivity contribution is 6.74. The lowest BCUT2D eigenvalue weighted by Gasteiger charge is -2.38. The first-order valence-electron chi connectivity index (χ1n) is 10.5. The Morgan fingerprint density at radius 1 is 1.30 bits per heavy atom. The van der Waals surface area contributed by atoms with Crippen molar-refractivity contribution in [3.63, 3.8) is 0 Å². The summed E-state index contributed by atoms with van der Waals surface area (Å²) in [5, 5.41) is 4.23. The van der Waals surface area contributed by atoms with E-state index in [9.17, 15) is 4.79 Å². The van der Waals surface area contributed by atoms with Gasteiger partial charge in [-0.15, -0.1) is 0 Å². The minimum Gasteiger partial charge on any atom is -0.467 e. The van der Waals surface area contributed by atoms with E-state index in [2.05, 4.69) is 48.9 Å². The van der Waals surface area contributed by atoms with E-state index in [0.717, 1.165) is 24.9 Å². The van der Waals surface area contributed by atoms with Gasteiger partial charge in [-0.3, -0.25) is 4.90 Å². The molecule has 1 aliphatic rings. The second kappa shape index (κ2) is 8.99. The minimum atomic E-state index is -1.89. The number of likely N-dealkylation sites (tertiary alicyclic amines) is 1. The lowest BCUT2D eigenvalue weighted by Crippen LogP contribution is -2.46. The van der Waals surface area contributed by atoms with Crippen LogP contribution in [0.15, 0.2) is 34.9 Å². The fraction of sp³-hybridized carbons (Fsp3) is 0.591. The SMILES string of the molecule is COC(=O)C(c1nc(-c2ccccc2)no1)N1CCCC1CO[Si](C)(C)C(C)(C)C. The van der Waals surface area contributed by atoms with Gasteiger partial charge in [-0.2, -0.15) is 4.98 Å². The van der Waals surface area contributed by atoms with Crippen molar-refractivity contribution >= 4 is 14.3 Å². The van der Waals surface area contributed by atoms with Crippen molar-refractivity contribution in [3.05, 3.63) is 36.2 Å². The number of rotatable bonds is 7. The molecule has 0 N–H and O–H groups in total. The molecule has 0 aliphatic carbocycles. The van der Waals surface area contributed by atoms with Crippen molar-refractivity contribution in [3.8, 4) is 11.4 Å². The molecule has 2 aromatic rings. The molecule has 0 saturated carbocycles. The maximum absolute atomic E-state index is 12.7. The van der Waals surface area contributed by atoms with Gasteiger partial charge >= 0.3 is 5.97 Å². The van der Waals surface area contributed by atoms with Crippen LogP contribution in [0.5, 0.6) is 0 Å². The van der Waals surface area contributed by atoms with E-state index in [1.807, 2.05) is 30.3 Å². The van der Waals surface area contributed by atoms with Gasteiger partial charge in [0.05, 0.1) is 7.11 Å². The summed E-state index contributed by atoms with van der Waals surface area (Å²) in [5.74, 6) is 0.338. The molecule has 164 valence electrons. The van der Waals surface area contributed by atoms with Crippen LogP contribution in [0.2, 0.25) is 18.1 Å². The molecule has 1 aromatic heterocycles. The molecule has 30 heavy (non-hydrogen) atoms. The van der Waals surface area contributed by atoms with Crippen LogP contribution < -0.4 is 0 Å². The molecular weight excluding hydrogens is 398 g/mol. The highest BCUT2D eigenvalue weighted by atomic mass is 28.4. The van der Waals surface area contributed by atoms with Crippen molar-refractivity contribution in [2.24, 2.45) is 0 Å². The molecule has 1 fully saturated rings. The molecule has 2 heterocycles. The van der Waals surface area contributed by atoms with Crippen LogP contribution in [0.4, 0.5) is 0 Å². The van der Waals surface area contributed by atoms with Gasteiger partial charge in [0.2, 0.25) is 5.82 Å². The zero-order chi connectivity index (χ0) is 21.9. The summed E-state index contributed by atoms with van der Waals surface area (Å²) in [6.45, 7) is 12.5. The summed E-state index contributed by atoms with van der Waals surface area (Å²) in [6.07, 6.45) is 1.94. The third-order valence-electron chi connectivity index (χ3n) is 6.33. The van der Waals surface area contributed by atoms with E-state index in [1.54, 1.807) is 0 Å². The first kappa shape index (κ1) is 22.6. The van der Waals surface area contributed by atoms with Crippen molar-refractivity contribution in [1.82, 2.24) is 15.0 Å². The second-order valence-corrected chi connectivity index (χ2v) is 14.2. The number of ether oxygens (including phenoxy) is 1. The molecule has 0 amide bonds. The molecule has 1 aliphatic heterocycles. The third-order valence-corrected chi connectivity index (χ3v) is 10.8. The topological polar surface area (TPSA) is 77.7 Å². The number of esters is 1. The number of aromatic nitrogens is 2. The number of hydrogen-bond acceptors (Lipinski definition) is 7. The summed E-state index contributed by atoms with van der Waals surface area (Å²) in [4.78, 5) is 19.4. The van der Waals surface area contributed by atoms with Gasteiger partial charge in [0.15, 0.2) is 14.4 Å². The number of carbonyl (C=O) groups excluding carboxylic acids is 1. The Labute approximate surface area is 179 Å². The van der Waals surface area contributed by atoms with Gasteiger partial charge in [-0.1, -0.05) is 56.3 Å². The largest absolute Gasteiger partial charge is 0.467 e. The standard InChI is InChI=1S/C22H33N3O4Si/c1-22(2,3)30(5,6)28-15-17-13-10-14-25(17)18(21(26)27-4)20-23-19(24-29-20)16-11-8-7-9-12-16/h7-9,11-12,17-18H,10,13-15H2,1-6H3. The number of hydrogen-bond donors (Lipinski definition) is 0. The molecule has 2 unspecified atom stereocenters. The Kier molecular flexibility index (Phi) is 6.79. The highest BCUT2D eigenvalue weighted by Crippen LogP contribution is 2.38. The van der Waals surface area contributed by atoms with Crippen molar-refractivity contribution in [1.29, 1.82) is 0 Å². The van der Waals surface area contributed by atoms with Gasteiger partial charge in [0, 0.05) is 18.2 Å². The molecule has 0 spiro atoms. The molecule has 0 radical (unpaired) electrons. The second-order valence-electron chi connectivity index (χ2n) is 9.35. The third kappa shape index (κ3) is 4.82. The Morgan fingerprint density at radius 3 is 2.63 bits per heavy atom. The van der Waals surface area contributed by atoms with Crippen molar-refractivity contribution < 1.29 is 18.5 Å². The Morgan fingerprint density at radius 2 is 2.00 bits per heavy atom. The summed E-state index contributed by atoms with van der Waals surface area (Å²) in [6, 6.07) is 8.96. The Hall–Kier alpha value is -2.03. The molecule has 2 atom stereocenters. The fourth-order valence-electron chi connectivity index (χ4n) is 3.44. The molecule has 8 heteroatoms. The van der Waals surface area contributed by atoms with E-state index in [1.165, 1.54) is 7.11 Å².